The van der Waals surface area contributed by atoms with Crippen LogP contribution in [0.2, 0.25) is 0 Å². The molecule has 1 atom stereocenters. The van der Waals surface area contributed by atoms with Gasteiger partial charge in [-0.2, -0.15) is 0 Å². The van der Waals surface area contributed by atoms with Gasteiger partial charge in [-0.05, 0) is 43.5 Å². The Kier molecular flexibility index (Phi) is 4.15. The maximum atomic E-state index is 12.3. The zero-order chi connectivity index (χ0) is 14.9. The van der Waals surface area contributed by atoms with Crippen molar-refractivity contribution in [1.82, 2.24) is 9.62 Å². The van der Waals surface area contributed by atoms with Gasteiger partial charge < -0.3 is 4.90 Å². The average Bonchev–Trinajstić information content (AvgIpc) is 2.80. The zero-order valence-electron chi connectivity index (χ0n) is 12.0. The lowest BCUT2D eigenvalue weighted by Crippen LogP contribution is -2.37. The number of nitrogens with one attached hydrogen (secondary N) is 1. The topological polar surface area (TPSA) is 66.5 Å². The van der Waals surface area contributed by atoms with E-state index in [2.05, 4.69) is 4.72 Å². The Morgan fingerprint density at radius 1 is 1.30 bits per heavy atom. The molecule has 5 nitrogen and oxygen atoms in total. The number of likely N-dealkylation sites (tertiary alicyclic amines) is 1. The number of hydrogen-bond donors (Lipinski definition) is 1. The summed E-state index contributed by atoms with van der Waals surface area (Å²) in [5, 5.41) is 0. The van der Waals surface area contributed by atoms with Crippen molar-refractivity contribution in [1.29, 1.82) is 0 Å². The van der Waals surface area contributed by atoms with Gasteiger partial charge in [-0.25, -0.2) is 13.1 Å². The Morgan fingerprint density at radius 2 is 2.00 bits per heavy atom. The molecule has 1 amide bonds. The number of sulfonamides is 1. The van der Waals surface area contributed by atoms with Crippen LogP contribution in [0.5, 0.6) is 0 Å². The summed E-state index contributed by atoms with van der Waals surface area (Å²) in [7, 11) is -3.52. The minimum Gasteiger partial charge on any atom is -0.341 e. The van der Waals surface area contributed by atoms with E-state index in [0.717, 1.165) is 11.1 Å². The Hall–Kier alpha value is -1.40. The summed E-state index contributed by atoms with van der Waals surface area (Å²) in [5.41, 5.74) is 2.01. The maximum absolute atomic E-state index is 12.3. The van der Waals surface area contributed by atoms with Crippen molar-refractivity contribution in [2.75, 3.05) is 13.1 Å². The second kappa shape index (κ2) is 5.54. The lowest BCUT2D eigenvalue weighted by molar-refractivity contribution is -0.127. The molecule has 1 unspecified atom stereocenters. The molecule has 6 heteroatoms. The van der Waals surface area contributed by atoms with Gasteiger partial charge in [0.1, 0.15) is 0 Å². The van der Waals surface area contributed by atoms with E-state index >= 15 is 0 Å². The van der Waals surface area contributed by atoms with Gasteiger partial charge in [0.15, 0.2) is 0 Å². The number of hydrogen-bond acceptors (Lipinski definition) is 3. The number of rotatable bonds is 3. The molecule has 0 aromatic heterocycles. The highest BCUT2D eigenvalue weighted by Crippen LogP contribution is 2.17. The Balaban J connectivity index is 2.12. The molecule has 2 rings (SSSR count). The summed E-state index contributed by atoms with van der Waals surface area (Å²) in [6.07, 6.45) is 0.656. The molecule has 0 spiro atoms. The van der Waals surface area contributed by atoms with Gasteiger partial charge >= 0.3 is 0 Å². The third-order valence-corrected chi connectivity index (χ3v) is 5.26. The number of amides is 1. The van der Waals surface area contributed by atoms with Gasteiger partial charge in [-0.3, -0.25) is 4.79 Å². The summed E-state index contributed by atoms with van der Waals surface area (Å²) in [6.45, 7) is 6.39. The first kappa shape index (κ1) is 15.0. The molecule has 1 aliphatic heterocycles. The molecule has 0 radical (unpaired) electrons. The second-order valence-electron chi connectivity index (χ2n) is 5.32. The van der Waals surface area contributed by atoms with Crippen LogP contribution in [0.1, 0.15) is 24.5 Å². The van der Waals surface area contributed by atoms with Crippen LogP contribution >= 0.6 is 0 Å². The number of aryl methyl sites for hydroxylation is 2. The molecule has 1 heterocycles. The molecule has 0 bridgehead atoms. The maximum Gasteiger partial charge on any atom is 0.240 e. The van der Waals surface area contributed by atoms with Crippen molar-refractivity contribution < 1.29 is 13.2 Å². The van der Waals surface area contributed by atoms with E-state index in [1.165, 1.54) is 6.92 Å². The Morgan fingerprint density at radius 3 is 2.55 bits per heavy atom. The summed E-state index contributed by atoms with van der Waals surface area (Å²) in [4.78, 5) is 13.2. The van der Waals surface area contributed by atoms with Gasteiger partial charge in [0.05, 0.1) is 4.90 Å². The first-order chi connectivity index (χ1) is 9.29. The SMILES string of the molecule is CC(=O)N1CCC(NS(=O)(=O)c2ccc(C)c(C)c2)C1. The van der Waals surface area contributed by atoms with E-state index in [0.29, 0.717) is 19.5 Å². The fourth-order valence-electron chi connectivity index (χ4n) is 2.31. The molecule has 0 saturated carbocycles. The van der Waals surface area contributed by atoms with Crippen LogP contribution in [-0.2, 0) is 14.8 Å². The first-order valence-corrected chi connectivity index (χ1v) is 8.13. The van der Waals surface area contributed by atoms with Crippen LogP contribution < -0.4 is 4.72 Å². The van der Waals surface area contributed by atoms with Crippen LogP contribution in [0.25, 0.3) is 0 Å². The molecule has 1 fully saturated rings. The number of nitrogens with zero attached hydrogens (tertiary/aromatic N) is 1. The number of carbonyl (C=O) groups is 1. The number of carbonyl (C=O) groups excluding carboxylic acids is 1. The van der Waals surface area contributed by atoms with Gasteiger partial charge in [0, 0.05) is 26.1 Å². The van der Waals surface area contributed by atoms with Gasteiger partial charge in [-0.1, -0.05) is 6.07 Å². The normalized spacial score (nSPS) is 19.4. The van der Waals surface area contributed by atoms with Crippen LogP contribution in [0.4, 0.5) is 0 Å². The summed E-state index contributed by atoms with van der Waals surface area (Å²) in [5.74, 6) is -0.0159. The molecule has 1 aliphatic rings. The van der Waals surface area contributed by atoms with E-state index in [9.17, 15) is 13.2 Å². The van der Waals surface area contributed by atoms with Gasteiger partial charge in [0.2, 0.25) is 15.9 Å². The van der Waals surface area contributed by atoms with E-state index in [4.69, 9.17) is 0 Å². The first-order valence-electron chi connectivity index (χ1n) is 6.64. The van der Waals surface area contributed by atoms with Gasteiger partial charge in [-0.15, -0.1) is 0 Å². The van der Waals surface area contributed by atoms with Crippen molar-refractivity contribution in [2.24, 2.45) is 0 Å². The molecule has 1 N–H and O–H groups in total. The van der Waals surface area contributed by atoms with E-state index < -0.39 is 10.0 Å². The quantitative estimate of drug-likeness (QED) is 0.911. The molecule has 20 heavy (non-hydrogen) atoms. The van der Waals surface area contributed by atoms with E-state index in [-0.39, 0.29) is 16.8 Å². The van der Waals surface area contributed by atoms with Crippen LogP contribution in [0.3, 0.4) is 0 Å². The predicted molar refractivity (Wildman–Crippen MR) is 76.9 cm³/mol. The molecule has 1 aromatic carbocycles. The number of benzene rings is 1. The largest absolute Gasteiger partial charge is 0.341 e. The third kappa shape index (κ3) is 3.19. The average molecular weight is 296 g/mol. The Labute approximate surface area is 120 Å². The zero-order valence-corrected chi connectivity index (χ0v) is 12.8. The fourth-order valence-corrected chi connectivity index (χ4v) is 3.66. The van der Waals surface area contributed by atoms with Crippen LogP contribution in [0, 0.1) is 13.8 Å². The van der Waals surface area contributed by atoms with E-state index in [1.54, 1.807) is 23.1 Å². The summed E-state index contributed by atoms with van der Waals surface area (Å²) in [6, 6.07) is 4.89. The van der Waals surface area contributed by atoms with Crippen molar-refractivity contribution in [3.05, 3.63) is 29.3 Å². The molecule has 110 valence electrons. The van der Waals surface area contributed by atoms with Crippen molar-refractivity contribution in [3.63, 3.8) is 0 Å². The standard InChI is InChI=1S/C14H20N2O3S/c1-10-4-5-14(8-11(10)2)20(18,19)15-13-6-7-16(9-13)12(3)17/h4-5,8,13,15H,6-7,9H2,1-3H3. The smallest absolute Gasteiger partial charge is 0.240 e. The van der Waals surface area contributed by atoms with Crippen LogP contribution in [0.15, 0.2) is 23.1 Å². The van der Waals surface area contributed by atoms with Gasteiger partial charge in [0.25, 0.3) is 0 Å². The second-order valence-corrected chi connectivity index (χ2v) is 7.03. The molecule has 1 aromatic rings. The summed E-state index contributed by atoms with van der Waals surface area (Å²) < 4.78 is 27.3. The summed E-state index contributed by atoms with van der Waals surface area (Å²) >= 11 is 0. The highest BCUT2D eigenvalue weighted by Gasteiger charge is 2.28. The third-order valence-electron chi connectivity index (χ3n) is 3.74. The minimum atomic E-state index is -3.52. The van der Waals surface area contributed by atoms with Crippen LogP contribution in [-0.4, -0.2) is 38.4 Å². The lowest BCUT2D eigenvalue weighted by Gasteiger charge is -2.15. The van der Waals surface area contributed by atoms with Crippen molar-refractivity contribution in [3.8, 4) is 0 Å². The molecular weight excluding hydrogens is 276 g/mol. The van der Waals surface area contributed by atoms with Crippen molar-refractivity contribution >= 4 is 15.9 Å². The minimum absolute atomic E-state index is 0.0159. The molecule has 1 saturated heterocycles. The monoisotopic (exact) mass is 296 g/mol. The van der Waals surface area contributed by atoms with E-state index in [1.807, 2.05) is 13.8 Å². The highest BCUT2D eigenvalue weighted by atomic mass is 32.2. The Bertz CT molecular complexity index is 625. The molecular formula is C14H20N2O3S. The predicted octanol–water partition coefficient (Wildman–Crippen LogP) is 1.20. The fraction of sp³-hybridized carbons (Fsp3) is 0.500. The lowest BCUT2D eigenvalue weighted by atomic mass is 10.1. The highest BCUT2D eigenvalue weighted by molar-refractivity contribution is 7.89. The van der Waals surface area contributed by atoms with Crippen molar-refractivity contribution in [2.45, 2.75) is 38.1 Å². The molecule has 0 aliphatic carbocycles.